The molecule has 0 aliphatic rings. The van der Waals surface area contributed by atoms with E-state index in [9.17, 15) is 9.59 Å². The van der Waals surface area contributed by atoms with Crippen molar-refractivity contribution in [1.29, 1.82) is 0 Å². The third-order valence-corrected chi connectivity index (χ3v) is 3.38. The highest BCUT2D eigenvalue weighted by atomic mass is 17.0. The van der Waals surface area contributed by atoms with Crippen LogP contribution >= 0.6 is 0 Å². The Balaban J connectivity index is 3.27. The number of rotatable bonds is 4. The summed E-state index contributed by atoms with van der Waals surface area (Å²) in [5.74, 6) is -0.850. The van der Waals surface area contributed by atoms with E-state index in [-0.39, 0.29) is 5.82 Å². The van der Waals surface area contributed by atoms with Crippen LogP contribution in [-0.2, 0) is 19.3 Å². The Kier molecular flexibility index (Phi) is 6.05. The van der Waals surface area contributed by atoms with Gasteiger partial charge in [-0.1, -0.05) is 0 Å². The predicted octanol–water partition coefficient (Wildman–Crippen LogP) is 3.56. The van der Waals surface area contributed by atoms with E-state index in [1.165, 1.54) is 0 Å². The molecule has 7 nitrogen and oxygen atoms in total. The highest BCUT2D eigenvalue weighted by Crippen LogP contribution is 2.27. The van der Waals surface area contributed by atoms with Crippen LogP contribution in [0.3, 0.4) is 0 Å². The number of anilines is 2. The Labute approximate surface area is 149 Å². The topological polar surface area (TPSA) is 80.8 Å². The van der Waals surface area contributed by atoms with Crippen LogP contribution < -0.4 is 10.5 Å². The van der Waals surface area contributed by atoms with Crippen LogP contribution in [0.2, 0.25) is 0 Å². The summed E-state index contributed by atoms with van der Waals surface area (Å²) in [6.45, 7) is 14.0. The van der Waals surface area contributed by atoms with Crippen molar-refractivity contribution in [3.05, 3.63) is 17.3 Å². The fourth-order valence-electron chi connectivity index (χ4n) is 1.82. The van der Waals surface area contributed by atoms with Gasteiger partial charge in [-0.15, -0.1) is 0 Å². The molecule has 1 heterocycles. The number of hydrogen-bond acceptors (Lipinski definition) is 7. The molecular weight excluding hydrogens is 322 g/mol. The lowest BCUT2D eigenvalue weighted by atomic mass is 9.98. The molecule has 0 saturated heterocycles. The Hall–Kier alpha value is -2.31. The standard InChI is InChI=1S/C18H29N3O4/c1-11-10-13(20-12(2)14(11)19-9)21(24-15(22)17(3,4)5)25-16(23)18(6,7)8/h10,19H,1-9H3. The van der Waals surface area contributed by atoms with Gasteiger partial charge in [-0.05, 0) is 72.2 Å². The minimum Gasteiger partial charge on any atom is -0.386 e. The average molecular weight is 351 g/mol. The van der Waals surface area contributed by atoms with Crippen molar-refractivity contribution in [3.8, 4) is 0 Å². The van der Waals surface area contributed by atoms with E-state index >= 15 is 0 Å². The van der Waals surface area contributed by atoms with Gasteiger partial charge in [-0.2, -0.15) is 0 Å². The average Bonchev–Trinajstić information content (AvgIpc) is 2.43. The highest BCUT2D eigenvalue weighted by Gasteiger charge is 2.32. The summed E-state index contributed by atoms with van der Waals surface area (Å²) in [5.41, 5.74) is 0.922. The van der Waals surface area contributed by atoms with Crippen LogP contribution in [0.1, 0.15) is 52.8 Å². The molecule has 0 spiro atoms. The maximum atomic E-state index is 12.3. The summed E-state index contributed by atoms with van der Waals surface area (Å²) < 4.78 is 0. The summed E-state index contributed by atoms with van der Waals surface area (Å²) in [7, 11) is 1.80. The molecule has 1 N–H and O–H groups in total. The van der Waals surface area contributed by atoms with Crippen molar-refractivity contribution in [2.45, 2.75) is 55.4 Å². The second-order valence-corrected chi connectivity index (χ2v) is 8.02. The Bertz CT molecular complexity index is 606. The molecule has 1 aromatic rings. The number of nitrogens with one attached hydrogen (secondary N) is 1. The lowest BCUT2D eigenvalue weighted by Gasteiger charge is -2.27. The van der Waals surface area contributed by atoms with Gasteiger partial charge in [0.25, 0.3) is 0 Å². The summed E-state index contributed by atoms with van der Waals surface area (Å²) >= 11 is 0. The quantitative estimate of drug-likeness (QED) is 0.831. The van der Waals surface area contributed by atoms with Gasteiger partial charge >= 0.3 is 11.9 Å². The molecule has 0 fully saturated rings. The van der Waals surface area contributed by atoms with Crippen molar-refractivity contribution < 1.29 is 19.3 Å². The van der Waals surface area contributed by atoms with Gasteiger partial charge in [0, 0.05) is 7.05 Å². The Morgan fingerprint density at radius 2 is 1.44 bits per heavy atom. The monoisotopic (exact) mass is 351 g/mol. The molecular formula is C18H29N3O4. The molecule has 0 aliphatic carbocycles. The van der Waals surface area contributed by atoms with E-state index in [2.05, 4.69) is 10.3 Å². The predicted molar refractivity (Wildman–Crippen MR) is 96.8 cm³/mol. The first-order chi connectivity index (χ1) is 11.3. The lowest BCUT2D eigenvalue weighted by Crippen LogP contribution is -2.38. The molecule has 0 saturated carbocycles. The van der Waals surface area contributed by atoms with Crippen molar-refractivity contribution in [2.75, 3.05) is 17.6 Å². The molecule has 25 heavy (non-hydrogen) atoms. The van der Waals surface area contributed by atoms with Crippen molar-refractivity contribution in [1.82, 2.24) is 4.98 Å². The van der Waals surface area contributed by atoms with Crippen molar-refractivity contribution >= 4 is 23.4 Å². The van der Waals surface area contributed by atoms with Crippen LogP contribution in [0, 0.1) is 24.7 Å². The minimum atomic E-state index is -0.763. The zero-order valence-corrected chi connectivity index (χ0v) is 16.6. The molecule has 0 radical (unpaired) electrons. The normalized spacial score (nSPS) is 11.7. The molecule has 0 atom stereocenters. The maximum absolute atomic E-state index is 12.3. The zero-order valence-electron chi connectivity index (χ0n) is 16.6. The smallest absolute Gasteiger partial charge is 0.341 e. The van der Waals surface area contributed by atoms with E-state index in [0.29, 0.717) is 5.69 Å². The van der Waals surface area contributed by atoms with Crippen LogP contribution in [0.15, 0.2) is 6.07 Å². The molecule has 1 aromatic heterocycles. The van der Waals surface area contributed by atoms with Crippen LogP contribution in [0.25, 0.3) is 0 Å². The SMILES string of the molecule is CNc1c(C)cc(N(OC(=O)C(C)(C)C)OC(=O)C(C)(C)C)nc1C. The number of pyridine rings is 1. The number of hydrogen-bond donors (Lipinski definition) is 1. The molecule has 7 heteroatoms. The fourth-order valence-corrected chi connectivity index (χ4v) is 1.82. The molecule has 0 unspecified atom stereocenters. The molecule has 0 aliphatic heterocycles. The van der Waals surface area contributed by atoms with Gasteiger partial charge in [0.1, 0.15) is 0 Å². The third kappa shape index (κ3) is 5.34. The molecule has 0 amide bonds. The number of carbonyl (C=O) groups is 2. The van der Waals surface area contributed by atoms with Gasteiger partial charge in [0.15, 0.2) is 0 Å². The second kappa shape index (κ2) is 7.29. The highest BCUT2D eigenvalue weighted by molar-refractivity contribution is 5.78. The van der Waals surface area contributed by atoms with Crippen LogP contribution in [0.4, 0.5) is 11.5 Å². The molecule has 0 aromatic carbocycles. The number of nitrogens with zero attached hydrogens (tertiary/aromatic N) is 2. The summed E-state index contributed by atoms with van der Waals surface area (Å²) in [4.78, 5) is 39.6. The fraction of sp³-hybridized carbons (Fsp3) is 0.611. The first kappa shape index (κ1) is 20.7. The summed E-state index contributed by atoms with van der Waals surface area (Å²) in [6, 6.07) is 1.69. The van der Waals surface area contributed by atoms with Gasteiger partial charge in [-0.3, -0.25) is 0 Å². The lowest BCUT2D eigenvalue weighted by molar-refractivity contribution is -0.185. The van der Waals surface area contributed by atoms with E-state index in [1.54, 1.807) is 54.7 Å². The van der Waals surface area contributed by atoms with E-state index in [4.69, 9.17) is 9.68 Å². The maximum Gasteiger partial charge on any atom is 0.341 e. The van der Waals surface area contributed by atoms with Crippen LogP contribution in [0.5, 0.6) is 0 Å². The van der Waals surface area contributed by atoms with Gasteiger partial charge in [0.05, 0.1) is 22.2 Å². The Morgan fingerprint density at radius 1 is 1.00 bits per heavy atom. The van der Waals surface area contributed by atoms with Crippen molar-refractivity contribution in [3.63, 3.8) is 0 Å². The summed E-state index contributed by atoms with van der Waals surface area (Å²) in [5, 5.41) is 3.87. The van der Waals surface area contributed by atoms with Crippen LogP contribution in [-0.4, -0.2) is 24.0 Å². The largest absolute Gasteiger partial charge is 0.386 e. The van der Waals surface area contributed by atoms with E-state index in [1.807, 2.05) is 13.8 Å². The van der Waals surface area contributed by atoms with Gasteiger partial charge in [-0.25, -0.2) is 14.6 Å². The zero-order chi connectivity index (χ0) is 19.6. The molecule has 1 rings (SSSR count). The molecule has 140 valence electrons. The first-order valence-electron chi connectivity index (χ1n) is 8.18. The van der Waals surface area contributed by atoms with Gasteiger partial charge < -0.3 is 15.0 Å². The van der Waals surface area contributed by atoms with E-state index < -0.39 is 22.8 Å². The second-order valence-electron chi connectivity index (χ2n) is 8.02. The number of aryl methyl sites for hydroxylation is 2. The van der Waals surface area contributed by atoms with E-state index in [0.717, 1.165) is 16.5 Å². The first-order valence-corrected chi connectivity index (χ1v) is 8.18. The van der Waals surface area contributed by atoms with Crippen molar-refractivity contribution in [2.24, 2.45) is 10.8 Å². The number of carbonyl (C=O) groups excluding carboxylic acids is 2. The summed E-state index contributed by atoms with van der Waals surface area (Å²) in [6.07, 6.45) is 0. The molecule has 0 bridgehead atoms. The van der Waals surface area contributed by atoms with Gasteiger partial charge in [0.2, 0.25) is 5.82 Å². The third-order valence-electron chi connectivity index (χ3n) is 3.38. The minimum absolute atomic E-state index is 0.226. The number of aromatic nitrogens is 1. The Morgan fingerprint density at radius 3 is 1.76 bits per heavy atom.